The molecule has 18 heavy (non-hydrogen) atoms. The van der Waals surface area contributed by atoms with Crippen LogP contribution in [0.3, 0.4) is 0 Å². The highest BCUT2D eigenvalue weighted by atomic mass is 32.1. The van der Waals surface area contributed by atoms with E-state index < -0.39 is 5.41 Å². The number of Topliss-reactive ketones (excluding diaryl/α,β-unsaturated/α-hetero) is 1. The monoisotopic (exact) mass is 264 g/mol. The fourth-order valence-electron chi connectivity index (χ4n) is 3.06. The van der Waals surface area contributed by atoms with E-state index in [1.807, 2.05) is 5.38 Å². The molecule has 1 amide bonds. The molecule has 0 bridgehead atoms. The highest BCUT2D eigenvalue weighted by Crippen LogP contribution is 2.43. The summed E-state index contributed by atoms with van der Waals surface area (Å²) in [6.07, 6.45) is 6.66. The van der Waals surface area contributed by atoms with Crippen LogP contribution in [-0.2, 0) is 9.59 Å². The average molecular weight is 264 g/mol. The second kappa shape index (κ2) is 4.46. The molecule has 1 saturated heterocycles. The van der Waals surface area contributed by atoms with Gasteiger partial charge in [-0.3, -0.25) is 14.5 Å². The Bertz CT molecular complexity index is 471. The van der Waals surface area contributed by atoms with Gasteiger partial charge in [0.1, 0.15) is 11.2 Å². The Morgan fingerprint density at radius 3 is 2.89 bits per heavy atom. The van der Waals surface area contributed by atoms with E-state index in [-0.39, 0.29) is 11.7 Å². The molecule has 1 saturated carbocycles. The van der Waals surface area contributed by atoms with Gasteiger partial charge in [0.15, 0.2) is 5.13 Å². The van der Waals surface area contributed by atoms with Crippen molar-refractivity contribution < 1.29 is 9.59 Å². The van der Waals surface area contributed by atoms with E-state index >= 15 is 0 Å². The van der Waals surface area contributed by atoms with E-state index in [9.17, 15) is 9.59 Å². The zero-order chi connectivity index (χ0) is 12.6. The van der Waals surface area contributed by atoms with Gasteiger partial charge in [-0.1, -0.05) is 12.8 Å². The SMILES string of the molecule is O=C1CCCCCC12CCN(c1nccs1)C2=O. The first-order valence-electron chi connectivity index (χ1n) is 6.49. The number of rotatable bonds is 1. The van der Waals surface area contributed by atoms with Gasteiger partial charge in [-0.05, 0) is 19.3 Å². The minimum Gasteiger partial charge on any atom is -0.299 e. The predicted molar refractivity (Wildman–Crippen MR) is 69.6 cm³/mol. The van der Waals surface area contributed by atoms with Gasteiger partial charge >= 0.3 is 0 Å². The van der Waals surface area contributed by atoms with Crippen LogP contribution < -0.4 is 4.90 Å². The van der Waals surface area contributed by atoms with Gasteiger partial charge in [0.05, 0.1) is 0 Å². The Balaban J connectivity index is 1.91. The van der Waals surface area contributed by atoms with Crippen molar-refractivity contribution in [2.45, 2.75) is 38.5 Å². The van der Waals surface area contributed by atoms with Crippen LogP contribution in [0.1, 0.15) is 38.5 Å². The van der Waals surface area contributed by atoms with Crippen LogP contribution in [0.4, 0.5) is 5.13 Å². The zero-order valence-corrected chi connectivity index (χ0v) is 11.0. The molecule has 0 aromatic carbocycles. The van der Waals surface area contributed by atoms with Crippen LogP contribution >= 0.6 is 11.3 Å². The molecular weight excluding hydrogens is 248 g/mol. The number of thiazole rings is 1. The Hall–Kier alpha value is -1.23. The number of carbonyl (C=O) groups excluding carboxylic acids is 2. The van der Waals surface area contributed by atoms with Gasteiger partial charge in [0, 0.05) is 24.5 Å². The summed E-state index contributed by atoms with van der Waals surface area (Å²) in [4.78, 5) is 30.8. The van der Waals surface area contributed by atoms with Crippen molar-refractivity contribution in [1.29, 1.82) is 0 Å². The number of anilines is 1. The molecule has 1 aliphatic heterocycles. The molecule has 1 aliphatic carbocycles. The third-order valence-corrected chi connectivity index (χ3v) is 4.90. The normalized spacial score (nSPS) is 29.0. The van der Waals surface area contributed by atoms with E-state index in [4.69, 9.17) is 0 Å². The highest BCUT2D eigenvalue weighted by molar-refractivity contribution is 7.13. The van der Waals surface area contributed by atoms with Crippen molar-refractivity contribution in [3.63, 3.8) is 0 Å². The minimum atomic E-state index is -0.720. The van der Waals surface area contributed by atoms with E-state index in [1.54, 1.807) is 11.1 Å². The minimum absolute atomic E-state index is 0.00986. The third-order valence-electron chi connectivity index (χ3n) is 4.11. The van der Waals surface area contributed by atoms with E-state index in [0.717, 1.165) is 30.8 Å². The molecule has 2 heterocycles. The maximum atomic E-state index is 12.6. The van der Waals surface area contributed by atoms with Gasteiger partial charge < -0.3 is 0 Å². The third kappa shape index (κ3) is 1.68. The standard InChI is InChI=1S/C13H16N2O2S/c16-10-4-2-1-3-5-13(10)6-8-15(11(13)17)12-14-7-9-18-12/h7,9H,1-6,8H2. The fourth-order valence-corrected chi connectivity index (χ4v) is 3.73. The van der Waals surface area contributed by atoms with E-state index in [1.165, 1.54) is 11.3 Å². The number of carbonyl (C=O) groups is 2. The quantitative estimate of drug-likeness (QED) is 0.732. The van der Waals surface area contributed by atoms with E-state index in [0.29, 0.717) is 19.4 Å². The summed E-state index contributed by atoms with van der Waals surface area (Å²) in [5.41, 5.74) is -0.720. The lowest BCUT2D eigenvalue weighted by atomic mass is 9.78. The number of amides is 1. The van der Waals surface area contributed by atoms with Crippen molar-refractivity contribution in [3.05, 3.63) is 11.6 Å². The van der Waals surface area contributed by atoms with Gasteiger partial charge in [0.25, 0.3) is 0 Å². The summed E-state index contributed by atoms with van der Waals surface area (Å²) in [5, 5.41) is 2.59. The van der Waals surface area contributed by atoms with Gasteiger partial charge in [-0.15, -0.1) is 11.3 Å². The second-order valence-electron chi connectivity index (χ2n) is 5.09. The number of nitrogens with zero attached hydrogens (tertiary/aromatic N) is 2. The van der Waals surface area contributed by atoms with Crippen LogP contribution in [0.15, 0.2) is 11.6 Å². The lowest BCUT2D eigenvalue weighted by Crippen LogP contribution is -2.40. The fraction of sp³-hybridized carbons (Fsp3) is 0.615. The number of ketones is 1. The maximum Gasteiger partial charge on any atom is 0.242 e. The molecule has 0 N–H and O–H groups in total. The van der Waals surface area contributed by atoms with Crippen LogP contribution in [0.25, 0.3) is 0 Å². The summed E-state index contributed by atoms with van der Waals surface area (Å²) in [7, 11) is 0. The first-order chi connectivity index (χ1) is 8.74. The van der Waals surface area contributed by atoms with Crippen LogP contribution in [0, 0.1) is 5.41 Å². The Morgan fingerprint density at radius 2 is 2.11 bits per heavy atom. The summed E-state index contributed by atoms with van der Waals surface area (Å²) < 4.78 is 0. The van der Waals surface area contributed by atoms with E-state index in [2.05, 4.69) is 4.98 Å². The van der Waals surface area contributed by atoms with Gasteiger partial charge in [-0.2, -0.15) is 0 Å². The molecule has 1 spiro atoms. The highest BCUT2D eigenvalue weighted by Gasteiger charge is 2.52. The van der Waals surface area contributed by atoms with Gasteiger partial charge in [-0.25, -0.2) is 4.98 Å². The molecule has 1 atom stereocenters. The Morgan fingerprint density at radius 1 is 1.22 bits per heavy atom. The first kappa shape index (κ1) is 11.8. The van der Waals surface area contributed by atoms with Gasteiger partial charge in [0.2, 0.25) is 5.91 Å². The Labute approximate surface area is 110 Å². The lowest BCUT2D eigenvalue weighted by Gasteiger charge is -2.23. The zero-order valence-electron chi connectivity index (χ0n) is 10.2. The van der Waals surface area contributed by atoms with Crippen molar-refractivity contribution in [3.8, 4) is 0 Å². The molecule has 2 aliphatic rings. The molecule has 2 fully saturated rings. The molecule has 96 valence electrons. The largest absolute Gasteiger partial charge is 0.299 e. The summed E-state index contributed by atoms with van der Waals surface area (Å²) in [6, 6.07) is 0. The summed E-state index contributed by atoms with van der Waals surface area (Å²) >= 11 is 1.46. The number of hydrogen-bond donors (Lipinski definition) is 0. The molecule has 1 aromatic heterocycles. The molecule has 4 nitrogen and oxygen atoms in total. The topological polar surface area (TPSA) is 50.3 Å². The summed E-state index contributed by atoms with van der Waals surface area (Å²) in [6.45, 7) is 0.637. The molecule has 1 unspecified atom stereocenters. The molecule has 5 heteroatoms. The molecule has 1 aromatic rings. The second-order valence-corrected chi connectivity index (χ2v) is 5.96. The average Bonchev–Trinajstić information content (AvgIpc) is 2.93. The Kier molecular flexibility index (Phi) is 2.93. The molecule has 0 radical (unpaired) electrons. The molecular formula is C13H16N2O2S. The first-order valence-corrected chi connectivity index (χ1v) is 7.37. The lowest BCUT2D eigenvalue weighted by molar-refractivity contribution is -0.138. The van der Waals surface area contributed by atoms with Crippen molar-refractivity contribution in [2.24, 2.45) is 5.41 Å². The summed E-state index contributed by atoms with van der Waals surface area (Å²) in [5.74, 6) is 0.147. The maximum absolute atomic E-state index is 12.6. The number of aromatic nitrogens is 1. The van der Waals surface area contributed by atoms with Crippen LogP contribution in [0.5, 0.6) is 0 Å². The number of hydrogen-bond acceptors (Lipinski definition) is 4. The molecule has 3 rings (SSSR count). The van der Waals surface area contributed by atoms with Crippen molar-refractivity contribution in [2.75, 3.05) is 11.4 Å². The smallest absolute Gasteiger partial charge is 0.242 e. The van der Waals surface area contributed by atoms with Crippen LogP contribution in [0.2, 0.25) is 0 Å². The van der Waals surface area contributed by atoms with Crippen molar-refractivity contribution >= 4 is 28.2 Å². The predicted octanol–water partition coefficient (Wildman–Crippen LogP) is 2.40. The van der Waals surface area contributed by atoms with Crippen molar-refractivity contribution in [1.82, 2.24) is 4.98 Å². The van der Waals surface area contributed by atoms with Crippen LogP contribution in [-0.4, -0.2) is 23.2 Å².